The van der Waals surface area contributed by atoms with Gasteiger partial charge in [0.05, 0.1) is 13.2 Å². The van der Waals surface area contributed by atoms with Gasteiger partial charge in [0.2, 0.25) is 0 Å². The fraction of sp³-hybridized carbons (Fsp3) is 0.818. The van der Waals surface area contributed by atoms with E-state index < -0.39 is 26.5 Å². The van der Waals surface area contributed by atoms with Crippen molar-refractivity contribution < 1.29 is 37.6 Å². The molecule has 508 valence electrons. The molecule has 0 spiro atoms. The molecule has 0 aromatic heterocycles. The molecule has 9 nitrogen and oxygen atoms in total. The number of hydrogen-bond acceptors (Lipinski definition) is 8. The summed E-state index contributed by atoms with van der Waals surface area (Å²) in [4.78, 5) is 35.4. The van der Waals surface area contributed by atoms with Gasteiger partial charge in [-0.05, 0) is 83.5 Å². The Kier molecular flexibility index (Phi) is 70.4. The Morgan fingerprint density at radius 3 is 0.943 bits per heavy atom. The Balaban J connectivity index is 3.77. The van der Waals surface area contributed by atoms with Crippen molar-refractivity contribution in [3.63, 3.8) is 0 Å². The Morgan fingerprint density at radius 2 is 0.632 bits per heavy atom. The first-order valence-corrected chi connectivity index (χ1v) is 38.9. The molecule has 0 amide bonds. The molecule has 2 atom stereocenters. The number of carbonyl (C=O) groups is 2. The van der Waals surface area contributed by atoms with Crippen LogP contribution < -0.4 is 5.73 Å². The second kappa shape index (κ2) is 72.5. The van der Waals surface area contributed by atoms with Gasteiger partial charge in [0.15, 0.2) is 6.10 Å². The van der Waals surface area contributed by atoms with Crippen molar-refractivity contribution in [3.05, 3.63) is 72.9 Å². The predicted octanol–water partition coefficient (Wildman–Crippen LogP) is 24.8. The highest BCUT2D eigenvalue weighted by atomic mass is 31.2. The molecule has 87 heavy (non-hydrogen) atoms. The van der Waals surface area contributed by atoms with Crippen molar-refractivity contribution in [2.24, 2.45) is 5.73 Å². The molecule has 0 radical (unpaired) electrons. The third-order valence-corrected chi connectivity index (χ3v) is 17.6. The van der Waals surface area contributed by atoms with Crippen LogP contribution in [0.2, 0.25) is 0 Å². The summed E-state index contributed by atoms with van der Waals surface area (Å²) >= 11 is 0. The number of phosphoric acid groups is 1. The minimum absolute atomic E-state index is 0.0535. The van der Waals surface area contributed by atoms with Crippen LogP contribution >= 0.6 is 7.82 Å². The van der Waals surface area contributed by atoms with Crippen molar-refractivity contribution in [1.82, 2.24) is 0 Å². The van der Waals surface area contributed by atoms with E-state index in [4.69, 9.17) is 24.3 Å². The van der Waals surface area contributed by atoms with Gasteiger partial charge in [-0.2, -0.15) is 0 Å². The number of allylic oxidation sites excluding steroid dienone is 12. The summed E-state index contributed by atoms with van der Waals surface area (Å²) in [7, 11) is -4.39. The van der Waals surface area contributed by atoms with E-state index in [1.54, 1.807) is 0 Å². The molecule has 10 heteroatoms. The Morgan fingerprint density at radius 1 is 0.356 bits per heavy atom. The van der Waals surface area contributed by atoms with Crippen LogP contribution in [0.15, 0.2) is 72.9 Å². The van der Waals surface area contributed by atoms with Gasteiger partial charge >= 0.3 is 19.8 Å². The number of esters is 2. The van der Waals surface area contributed by atoms with Crippen LogP contribution in [0.5, 0.6) is 0 Å². The molecule has 0 rings (SSSR count). The molecule has 0 fully saturated rings. The maximum atomic E-state index is 12.8. The van der Waals surface area contributed by atoms with Crippen LogP contribution in [0.25, 0.3) is 0 Å². The van der Waals surface area contributed by atoms with Crippen LogP contribution in [-0.4, -0.2) is 49.3 Å². The molecule has 0 aliphatic heterocycles. The lowest BCUT2D eigenvalue weighted by molar-refractivity contribution is -0.161. The number of rotatable bonds is 71. The predicted molar refractivity (Wildman–Crippen MR) is 376 cm³/mol. The summed E-state index contributed by atoms with van der Waals surface area (Å²) in [5.74, 6) is -0.811. The number of carbonyl (C=O) groups excluding carboxylic acids is 2. The van der Waals surface area contributed by atoms with Crippen molar-refractivity contribution in [1.29, 1.82) is 0 Å². The Hall–Kier alpha value is -2.55. The molecule has 2 unspecified atom stereocenters. The zero-order valence-corrected chi connectivity index (χ0v) is 58.2. The number of ether oxygens (including phenoxy) is 2. The molecule has 0 aromatic carbocycles. The molecule has 0 saturated carbocycles. The second-order valence-corrected chi connectivity index (χ2v) is 26.6. The van der Waals surface area contributed by atoms with Gasteiger partial charge in [0, 0.05) is 19.4 Å². The summed E-state index contributed by atoms with van der Waals surface area (Å²) in [5, 5.41) is 0. The topological polar surface area (TPSA) is 134 Å². The second-order valence-electron chi connectivity index (χ2n) is 25.1. The zero-order chi connectivity index (χ0) is 63.0. The fourth-order valence-electron chi connectivity index (χ4n) is 11.1. The van der Waals surface area contributed by atoms with Crippen molar-refractivity contribution >= 4 is 19.8 Å². The van der Waals surface area contributed by atoms with Crippen LogP contribution in [-0.2, 0) is 32.7 Å². The van der Waals surface area contributed by atoms with E-state index >= 15 is 0 Å². The number of nitrogens with two attached hydrogens (primary N) is 1. The van der Waals surface area contributed by atoms with E-state index in [0.717, 1.165) is 70.6 Å². The molecular weight excluding hydrogens is 1100 g/mol. The van der Waals surface area contributed by atoms with Crippen molar-refractivity contribution in [3.8, 4) is 0 Å². The van der Waals surface area contributed by atoms with Gasteiger partial charge in [0.25, 0.3) is 0 Å². The number of phosphoric ester groups is 1. The third-order valence-electron chi connectivity index (χ3n) is 16.6. The minimum Gasteiger partial charge on any atom is -0.462 e. The highest BCUT2D eigenvalue weighted by molar-refractivity contribution is 7.47. The maximum absolute atomic E-state index is 12.8. The van der Waals surface area contributed by atoms with E-state index in [1.807, 2.05) is 0 Å². The fourth-order valence-corrected chi connectivity index (χ4v) is 11.8. The Labute approximate surface area is 539 Å². The van der Waals surface area contributed by atoms with Gasteiger partial charge in [0.1, 0.15) is 6.61 Å². The summed E-state index contributed by atoms with van der Waals surface area (Å²) in [6.45, 7) is 3.68. The first-order valence-electron chi connectivity index (χ1n) is 37.4. The molecule has 3 N–H and O–H groups in total. The monoisotopic (exact) mass is 1240 g/mol. The highest BCUT2D eigenvalue weighted by Gasteiger charge is 2.26. The molecular formula is C77H142NO8P. The van der Waals surface area contributed by atoms with E-state index in [2.05, 4.69) is 86.8 Å². The SMILES string of the molecule is CC/C=C\C/C=C\C/C=C\C/C=C\CCCCCCCCCCCCCCCCC(=O)OC(COC(=O)CCCCCCCCCCCCCCCCCCCCCCCCCCCCC/C=C\C/C=C\CCCCCCC)COP(=O)(O)OCCN. The molecule has 0 bridgehead atoms. The van der Waals surface area contributed by atoms with Gasteiger partial charge in [-0.15, -0.1) is 0 Å². The van der Waals surface area contributed by atoms with Crippen LogP contribution in [0.3, 0.4) is 0 Å². The first kappa shape index (κ1) is 84.5. The van der Waals surface area contributed by atoms with Crippen LogP contribution in [0.1, 0.15) is 373 Å². The van der Waals surface area contributed by atoms with Gasteiger partial charge < -0.3 is 20.1 Å². The molecule has 0 aliphatic rings. The molecule has 0 aliphatic carbocycles. The van der Waals surface area contributed by atoms with Crippen molar-refractivity contribution in [2.75, 3.05) is 26.4 Å². The quantitative estimate of drug-likeness (QED) is 0.0264. The van der Waals surface area contributed by atoms with E-state index in [9.17, 15) is 19.0 Å². The molecule has 0 aromatic rings. The zero-order valence-electron chi connectivity index (χ0n) is 57.3. The maximum Gasteiger partial charge on any atom is 0.472 e. The average Bonchev–Trinajstić information content (AvgIpc) is 3.62. The Bertz CT molecular complexity index is 1660. The molecule has 0 heterocycles. The lowest BCUT2D eigenvalue weighted by atomic mass is 10.0. The number of unbranched alkanes of at least 4 members (excludes halogenated alkanes) is 46. The van der Waals surface area contributed by atoms with Crippen molar-refractivity contribution in [2.45, 2.75) is 380 Å². The normalized spacial score (nSPS) is 13.3. The summed E-state index contributed by atoms with van der Waals surface area (Å²) in [5.41, 5.74) is 5.41. The highest BCUT2D eigenvalue weighted by Crippen LogP contribution is 2.43. The minimum atomic E-state index is -4.39. The van der Waals surface area contributed by atoms with E-state index in [1.165, 1.54) is 270 Å². The number of hydrogen-bond donors (Lipinski definition) is 2. The van der Waals surface area contributed by atoms with Crippen LogP contribution in [0.4, 0.5) is 0 Å². The van der Waals surface area contributed by atoms with E-state index in [-0.39, 0.29) is 38.6 Å². The molecule has 0 saturated heterocycles. The van der Waals surface area contributed by atoms with Crippen LogP contribution in [0, 0.1) is 0 Å². The summed E-state index contributed by atoms with van der Waals surface area (Å²) < 4.78 is 33.2. The first-order chi connectivity index (χ1) is 42.8. The van der Waals surface area contributed by atoms with Gasteiger partial charge in [-0.3, -0.25) is 18.6 Å². The standard InChI is InChI=1S/C77H142NO8P/c1-3-5-7-9-11-13-15-17-19-21-23-25-27-29-31-32-33-34-35-36-37-38-39-40-41-42-44-45-47-49-51-53-55-57-59-61-63-65-67-69-76(79)83-73-75(74-85-87(81,82)84-72-71-78)86-77(80)70-68-66-64-62-60-58-56-54-52-50-48-46-43-30-28-26-24-22-20-18-16-14-12-10-8-6-4-2/h6,8,12,14-15,17-18,20-21,23-24,26,75H,3-5,7,9-11,13,16,19,22,25,27-74,78H2,1-2H3,(H,81,82)/b8-6-,14-12-,17-15-,20-18-,23-21-,26-24-. The lowest BCUT2D eigenvalue weighted by Gasteiger charge is -2.19. The third kappa shape index (κ3) is 72.4. The smallest absolute Gasteiger partial charge is 0.462 e. The van der Waals surface area contributed by atoms with E-state index in [0.29, 0.717) is 6.42 Å². The largest absolute Gasteiger partial charge is 0.472 e. The van der Waals surface area contributed by atoms with Gasteiger partial charge in [-0.1, -0.05) is 350 Å². The summed E-state index contributed by atoms with van der Waals surface area (Å²) in [6, 6.07) is 0. The lowest BCUT2D eigenvalue weighted by Crippen LogP contribution is -2.29. The summed E-state index contributed by atoms with van der Waals surface area (Å²) in [6.07, 6.45) is 96.0. The average molecular weight is 1240 g/mol. The van der Waals surface area contributed by atoms with Gasteiger partial charge in [-0.25, -0.2) is 4.57 Å².